The van der Waals surface area contributed by atoms with Crippen LogP contribution >= 0.6 is 0 Å². The molecule has 1 atom stereocenters. The zero-order valence-corrected chi connectivity index (χ0v) is 18.7. The van der Waals surface area contributed by atoms with Crippen molar-refractivity contribution in [1.29, 1.82) is 0 Å². The van der Waals surface area contributed by atoms with Crippen molar-refractivity contribution < 1.29 is 23.8 Å². The van der Waals surface area contributed by atoms with Gasteiger partial charge < -0.3 is 19.6 Å². The number of aliphatic hydroxyl groups is 1. The fourth-order valence-electron chi connectivity index (χ4n) is 3.63. The molecule has 2 aromatic carbocycles. The van der Waals surface area contributed by atoms with E-state index < -0.39 is 23.5 Å². The number of aliphatic hydroxyl groups excluding tert-OH is 1. The van der Waals surface area contributed by atoms with Crippen LogP contribution in [0.25, 0.3) is 5.76 Å². The Kier molecular flexibility index (Phi) is 7.64. The number of likely N-dealkylation sites (N-methyl/N-ethyl adjacent to an activating group) is 1. The largest absolute Gasteiger partial charge is 0.507 e. The Bertz CT molecular complexity index is 1000. The molecule has 0 spiro atoms. The Labute approximate surface area is 187 Å². The first kappa shape index (κ1) is 23.5. The molecule has 0 bridgehead atoms. The lowest BCUT2D eigenvalue weighted by atomic mass is 9.95. The highest BCUT2D eigenvalue weighted by Gasteiger charge is 2.45. The summed E-state index contributed by atoms with van der Waals surface area (Å²) < 4.78 is 19.3. The Morgan fingerprint density at radius 2 is 1.88 bits per heavy atom. The number of hydrogen-bond acceptors (Lipinski definition) is 5. The summed E-state index contributed by atoms with van der Waals surface area (Å²) >= 11 is 0. The van der Waals surface area contributed by atoms with Gasteiger partial charge in [0.25, 0.3) is 11.7 Å². The molecule has 1 unspecified atom stereocenters. The van der Waals surface area contributed by atoms with E-state index in [4.69, 9.17) is 4.74 Å². The van der Waals surface area contributed by atoms with Crippen LogP contribution in [0, 0.1) is 5.82 Å². The summed E-state index contributed by atoms with van der Waals surface area (Å²) in [6.45, 7) is 3.43. The van der Waals surface area contributed by atoms with Crippen LogP contribution in [0.3, 0.4) is 0 Å². The summed E-state index contributed by atoms with van der Waals surface area (Å²) in [7, 11) is 3.74. The molecular formula is C25H29FN2O4. The van der Waals surface area contributed by atoms with Crippen molar-refractivity contribution >= 4 is 17.4 Å². The Hall–Kier alpha value is -3.19. The van der Waals surface area contributed by atoms with Gasteiger partial charge in [-0.15, -0.1) is 0 Å². The highest BCUT2D eigenvalue weighted by atomic mass is 19.1. The number of likely N-dealkylation sites (tertiary alicyclic amines) is 1. The molecule has 0 aliphatic carbocycles. The zero-order chi connectivity index (χ0) is 23.3. The van der Waals surface area contributed by atoms with Crippen molar-refractivity contribution in [3.8, 4) is 5.75 Å². The maximum Gasteiger partial charge on any atom is 0.295 e. The van der Waals surface area contributed by atoms with Gasteiger partial charge in [0.2, 0.25) is 0 Å². The van der Waals surface area contributed by atoms with Crippen LogP contribution in [0.2, 0.25) is 0 Å². The van der Waals surface area contributed by atoms with E-state index in [0.717, 1.165) is 12.8 Å². The number of halogens is 1. The normalized spacial score (nSPS) is 17.9. The number of rotatable bonds is 9. The molecule has 2 aromatic rings. The lowest BCUT2D eigenvalue weighted by Crippen LogP contribution is -2.35. The molecule has 1 aliphatic rings. The standard InChI is InChI=1S/C25H29FN2O4/c1-4-5-15-32-20-8-6-7-18(16-20)23(29)21-22(17-9-11-19(26)12-10-17)28(14-13-27(2)3)25(31)24(21)30/h6-12,16,22,29H,4-5,13-15H2,1-3H3. The minimum Gasteiger partial charge on any atom is -0.507 e. The molecule has 32 heavy (non-hydrogen) atoms. The van der Waals surface area contributed by atoms with Crippen molar-refractivity contribution in [3.05, 3.63) is 71.0 Å². The van der Waals surface area contributed by atoms with E-state index >= 15 is 0 Å². The third-order valence-electron chi connectivity index (χ3n) is 5.39. The maximum atomic E-state index is 13.5. The molecule has 0 saturated carbocycles. The SMILES string of the molecule is CCCCOc1cccc(C(O)=C2C(=O)C(=O)N(CCN(C)C)C2c2ccc(F)cc2)c1. The fraction of sp³-hybridized carbons (Fsp3) is 0.360. The quantitative estimate of drug-likeness (QED) is 0.276. The molecule has 1 heterocycles. The minimum atomic E-state index is -0.805. The third kappa shape index (κ3) is 5.16. The zero-order valence-electron chi connectivity index (χ0n) is 18.7. The molecule has 0 radical (unpaired) electrons. The maximum absolute atomic E-state index is 13.5. The van der Waals surface area contributed by atoms with Gasteiger partial charge in [-0.25, -0.2) is 4.39 Å². The van der Waals surface area contributed by atoms with E-state index in [-0.39, 0.29) is 17.9 Å². The van der Waals surface area contributed by atoms with Crippen molar-refractivity contribution in [2.45, 2.75) is 25.8 Å². The summed E-state index contributed by atoms with van der Waals surface area (Å²) in [5.41, 5.74) is 0.934. The number of ketones is 1. The first-order valence-electron chi connectivity index (χ1n) is 10.7. The average Bonchev–Trinajstić information content (AvgIpc) is 3.03. The van der Waals surface area contributed by atoms with Gasteiger partial charge in [0, 0.05) is 18.7 Å². The van der Waals surface area contributed by atoms with Gasteiger partial charge >= 0.3 is 0 Å². The highest BCUT2D eigenvalue weighted by Crippen LogP contribution is 2.39. The van der Waals surface area contributed by atoms with Gasteiger partial charge in [-0.3, -0.25) is 9.59 Å². The molecule has 6 nitrogen and oxygen atoms in total. The predicted octanol–water partition coefficient (Wildman–Crippen LogP) is 3.99. The second-order valence-electron chi connectivity index (χ2n) is 8.08. The Morgan fingerprint density at radius 3 is 2.53 bits per heavy atom. The third-order valence-corrected chi connectivity index (χ3v) is 5.39. The summed E-state index contributed by atoms with van der Waals surface area (Å²) in [6.07, 6.45) is 1.89. The number of Topliss-reactive ketones (excluding diaryl/α,β-unsaturated/α-hetero) is 1. The number of hydrogen-bond donors (Lipinski definition) is 1. The van der Waals surface area contributed by atoms with Gasteiger partial charge in [-0.1, -0.05) is 37.6 Å². The van der Waals surface area contributed by atoms with Gasteiger partial charge in [-0.2, -0.15) is 0 Å². The van der Waals surface area contributed by atoms with Crippen molar-refractivity contribution in [3.63, 3.8) is 0 Å². The van der Waals surface area contributed by atoms with E-state index in [1.807, 2.05) is 19.0 Å². The molecule has 1 fully saturated rings. The molecule has 1 amide bonds. The molecule has 1 aliphatic heterocycles. The van der Waals surface area contributed by atoms with Crippen LogP contribution in [-0.2, 0) is 9.59 Å². The van der Waals surface area contributed by atoms with E-state index in [0.29, 0.717) is 30.0 Å². The van der Waals surface area contributed by atoms with Gasteiger partial charge in [-0.05, 0) is 50.3 Å². The number of benzene rings is 2. The molecule has 7 heteroatoms. The Balaban J connectivity index is 2.05. The second kappa shape index (κ2) is 10.4. The number of unbranched alkanes of at least 4 members (excludes halogenated alkanes) is 1. The first-order chi connectivity index (χ1) is 15.3. The topological polar surface area (TPSA) is 70.1 Å². The number of amides is 1. The van der Waals surface area contributed by atoms with Crippen molar-refractivity contribution in [2.75, 3.05) is 33.8 Å². The van der Waals surface area contributed by atoms with Crippen LogP contribution in [0.1, 0.15) is 36.9 Å². The monoisotopic (exact) mass is 440 g/mol. The van der Waals surface area contributed by atoms with E-state index in [2.05, 4.69) is 6.92 Å². The number of nitrogens with zero attached hydrogens (tertiary/aromatic N) is 2. The smallest absolute Gasteiger partial charge is 0.295 e. The summed E-state index contributed by atoms with van der Waals surface area (Å²) in [5.74, 6) is -1.56. The van der Waals surface area contributed by atoms with Crippen LogP contribution in [0.4, 0.5) is 4.39 Å². The predicted molar refractivity (Wildman–Crippen MR) is 121 cm³/mol. The van der Waals surface area contributed by atoms with E-state index in [1.54, 1.807) is 24.3 Å². The van der Waals surface area contributed by atoms with Crippen molar-refractivity contribution in [2.24, 2.45) is 0 Å². The summed E-state index contributed by atoms with van der Waals surface area (Å²) in [4.78, 5) is 29.2. The summed E-state index contributed by atoms with van der Waals surface area (Å²) in [6, 6.07) is 11.6. The van der Waals surface area contributed by atoms with Crippen LogP contribution in [0.5, 0.6) is 5.75 Å². The summed E-state index contributed by atoms with van der Waals surface area (Å²) in [5, 5.41) is 11.1. The molecule has 3 rings (SSSR count). The number of ether oxygens (including phenoxy) is 1. The molecule has 1 saturated heterocycles. The lowest BCUT2D eigenvalue weighted by Gasteiger charge is -2.26. The van der Waals surface area contributed by atoms with Gasteiger partial charge in [0.1, 0.15) is 17.3 Å². The first-order valence-corrected chi connectivity index (χ1v) is 10.7. The van der Waals surface area contributed by atoms with Crippen LogP contribution in [0.15, 0.2) is 54.1 Å². The van der Waals surface area contributed by atoms with E-state index in [1.165, 1.54) is 29.2 Å². The van der Waals surface area contributed by atoms with Gasteiger partial charge in [0.15, 0.2) is 0 Å². The van der Waals surface area contributed by atoms with Crippen LogP contribution < -0.4 is 4.74 Å². The fourth-order valence-corrected chi connectivity index (χ4v) is 3.63. The lowest BCUT2D eigenvalue weighted by molar-refractivity contribution is -0.140. The van der Waals surface area contributed by atoms with E-state index in [9.17, 15) is 19.1 Å². The van der Waals surface area contributed by atoms with Crippen molar-refractivity contribution in [1.82, 2.24) is 9.80 Å². The van der Waals surface area contributed by atoms with Gasteiger partial charge in [0.05, 0.1) is 18.2 Å². The molecule has 0 aromatic heterocycles. The molecule has 170 valence electrons. The molecule has 1 N–H and O–H groups in total. The number of carbonyl (C=O) groups excluding carboxylic acids is 2. The van der Waals surface area contributed by atoms with Crippen LogP contribution in [-0.4, -0.2) is 60.4 Å². The molecular weight excluding hydrogens is 411 g/mol. The number of carbonyl (C=O) groups is 2. The second-order valence-corrected chi connectivity index (χ2v) is 8.08. The average molecular weight is 441 g/mol. The Morgan fingerprint density at radius 1 is 1.16 bits per heavy atom. The minimum absolute atomic E-state index is 0.00827. The highest BCUT2D eigenvalue weighted by molar-refractivity contribution is 6.46.